The third-order valence-electron chi connectivity index (χ3n) is 2.77. The normalized spacial score (nSPS) is 14.8. The molecule has 0 saturated heterocycles. The van der Waals surface area contributed by atoms with Crippen molar-refractivity contribution in [1.29, 1.82) is 0 Å². The molecule has 0 bridgehead atoms. The molecule has 2 N–H and O–H groups in total. The summed E-state index contributed by atoms with van der Waals surface area (Å²) in [4.78, 5) is 1.24. The number of aryl methyl sites for hydroxylation is 1. The Balaban J connectivity index is 2.38. The van der Waals surface area contributed by atoms with Gasteiger partial charge in [0, 0.05) is 27.0 Å². The van der Waals surface area contributed by atoms with Crippen LogP contribution in [0.2, 0.25) is 0 Å². The molecule has 2 unspecified atom stereocenters. The van der Waals surface area contributed by atoms with Crippen molar-refractivity contribution >= 4 is 27.3 Å². The van der Waals surface area contributed by atoms with Gasteiger partial charge < -0.3 is 5.73 Å². The lowest BCUT2D eigenvalue weighted by Crippen LogP contribution is -2.32. The van der Waals surface area contributed by atoms with Gasteiger partial charge >= 0.3 is 0 Å². The minimum absolute atomic E-state index is 0.0832. The predicted octanol–water partition coefficient (Wildman–Crippen LogP) is 3.34. The van der Waals surface area contributed by atoms with E-state index in [9.17, 15) is 0 Å². The molecule has 0 saturated carbocycles. The smallest absolute Gasteiger partial charge is 0.101 e. The second-order valence-corrected chi connectivity index (χ2v) is 6.04. The highest BCUT2D eigenvalue weighted by Gasteiger charge is 2.22. The number of hydrogen-bond donors (Lipinski definition) is 1. The molecule has 0 aliphatic carbocycles. The highest BCUT2D eigenvalue weighted by molar-refractivity contribution is 9.10. The molecule has 3 nitrogen and oxygen atoms in total. The predicted molar refractivity (Wildman–Crippen MR) is 75.4 cm³/mol. The third kappa shape index (κ3) is 2.78. The van der Waals surface area contributed by atoms with E-state index in [4.69, 9.17) is 5.73 Å². The van der Waals surface area contributed by atoms with Crippen molar-refractivity contribution in [3.63, 3.8) is 0 Å². The van der Waals surface area contributed by atoms with Crippen LogP contribution in [0.15, 0.2) is 28.3 Å². The fourth-order valence-electron chi connectivity index (χ4n) is 1.83. The zero-order chi connectivity index (χ0) is 12.4. The second kappa shape index (κ2) is 5.33. The summed E-state index contributed by atoms with van der Waals surface area (Å²) >= 11 is 5.21. The van der Waals surface area contributed by atoms with E-state index in [-0.39, 0.29) is 12.1 Å². The third-order valence-corrected chi connectivity index (χ3v) is 4.54. The highest BCUT2D eigenvalue weighted by Crippen LogP contribution is 2.30. The standard InChI is InChI=1S/C12H16BrN3S/c1-3-10(14)12(11-4-9(13)7-17-11)16-6-8(2)5-15-16/h4-7,10,12H,3,14H2,1-2H3. The van der Waals surface area contributed by atoms with Gasteiger partial charge in [0.25, 0.3) is 0 Å². The summed E-state index contributed by atoms with van der Waals surface area (Å²) in [6, 6.07) is 2.34. The van der Waals surface area contributed by atoms with Crippen molar-refractivity contribution in [3.05, 3.63) is 38.8 Å². The SMILES string of the molecule is CCC(N)C(c1cc(Br)cs1)n1cc(C)cn1. The Kier molecular flexibility index (Phi) is 4.01. The van der Waals surface area contributed by atoms with Gasteiger partial charge in [-0.15, -0.1) is 11.3 Å². The van der Waals surface area contributed by atoms with Crippen LogP contribution in [0.5, 0.6) is 0 Å². The van der Waals surface area contributed by atoms with Crippen LogP contribution >= 0.6 is 27.3 Å². The summed E-state index contributed by atoms with van der Waals surface area (Å²) in [5.74, 6) is 0. The Hall–Kier alpha value is -0.650. The number of halogens is 1. The molecule has 0 aromatic carbocycles. The summed E-state index contributed by atoms with van der Waals surface area (Å²) in [5.41, 5.74) is 7.39. The first-order valence-electron chi connectivity index (χ1n) is 5.62. The van der Waals surface area contributed by atoms with E-state index in [2.05, 4.69) is 39.4 Å². The fraction of sp³-hybridized carbons (Fsp3) is 0.417. The lowest BCUT2D eigenvalue weighted by atomic mass is 10.1. The molecule has 0 radical (unpaired) electrons. The molecule has 0 amide bonds. The highest BCUT2D eigenvalue weighted by atomic mass is 79.9. The van der Waals surface area contributed by atoms with E-state index in [1.807, 2.05) is 24.0 Å². The van der Waals surface area contributed by atoms with Crippen LogP contribution in [0.4, 0.5) is 0 Å². The van der Waals surface area contributed by atoms with E-state index in [0.717, 1.165) is 16.5 Å². The van der Waals surface area contributed by atoms with Gasteiger partial charge in [0.05, 0.1) is 6.20 Å². The van der Waals surface area contributed by atoms with Crippen molar-refractivity contribution in [2.75, 3.05) is 0 Å². The quantitative estimate of drug-likeness (QED) is 0.940. The minimum atomic E-state index is 0.0832. The van der Waals surface area contributed by atoms with Gasteiger partial charge in [0.2, 0.25) is 0 Å². The van der Waals surface area contributed by atoms with Crippen molar-refractivity contribution in [1.82, 2.24) is 9.78 Å². The first-order chi connectivity index (χ1) is 8.11. The average molecular weight is 314 g/mol. The summed E-state index contributed by atoms with van der Waals surface area (Å²) in [5, 5.41) is 6.48. The monoisotopic (exact) mass is 313 g/mol. The van der Waals surface area contributed by atoms with E-state index < -0.39 is 0 Å². The van der Waals surface area contributed by atoms with Crippen molar-refractivity contribution in [2.45, 2.75) is 32.4 Å². The summed E-state index contributed by atoms with van der Waals surface area (Å²) in [7, 11) is 0. The zero-order valence-electron chi connectivity index (χ0n) is 9.93. The van der Waals surface area contributed by atoms with E-state index in [0.29, 0.717) is 0 Å². The van der Waals surface area contributed by atoms with Gasteiger partial charge in [-0.25, -0.2) is 0 Å². The van der Waals surface area contributed by atoms with Crippen LogP contribution in [-0.4, -0.2) is 15.8 Å². The van der Waals surface area contributed by atoms with Crippen LogP contribution in [0.25, 0.3) is 0 Å². The Bertz CT molecular complexity index is 451. The molecule has 2 atom stereocenters. The Morgan fingerprint density at radius 2 is 2.35 bits per heavy atom. The van der Waals surface area contributed by atoms with E-state index in [1.54, 1.807) is 11.3 Å². The Morgan fingerprint density at radius 1 is 1.59 bits per heavy atom. The molecular formula is C12H16BrN3S. The van der Waals surface area contributed by atoms with Crippen LogP contribution in [0.1, 0.15) is 29.8 Å². The first kappa shape index (κ1) is 12.8. The van der Waals surface area contributed by atoms with Gasteiger partial charge in [0.1, 0.15) is 6.04 Å². The number of aromatic nitrogens is 2. The van der Waals surface area contributed by atoms with Crippen molar-refractivity contribution in [3.8, 4) is 0 Å². The molecule has 0 spiro atoms. The molecule has 2 rings (SSSR count). The average Bonchev–Trinajstić information content (AvgIpc) is 2.89. The number of nitrogens with two attached hydrogens (primary N) is 1. The van der Waals surface area contributed by atoms with Crippen LogP contribution in [0.3, 0.4) is 0 Å². The van der Waals surface area contributed by atoms with Gasteiger partial charge in [-0.2, -0.15) is 5.10 Å². The molecule has 0 aliphatic rings. The molecule has 2 aromatic rings. The summed E-state index contributed by atoms with van der Waals surface area (Å²) in [6.07, 6.45) is 4.85. The van der Waals surface area contributed by atoms with Crippen LogP contribution < -0.4 is 5.73 Å². The number of rotatable bonds is 4. The van der Waals surface area contributed by atoms with E-state index in [1.165, 1.54) is 4.88 Å². The van der Waals surface area contributed by atoms with Crippen molar-refractivity contribution in [2.24, 2.45) is 5.73 Å². The summed E-state index contributed by atoms with van der Waals surface area (Å²) in [6.45, 7) is 4.15. The number of nitrogens with zero attached hydrogens (tertiary/aromatic N) is 2. The van der Waals surface area contributed by atoms with Gasteiger partial charge in [-0.05, 0) is 40.9 Å². The molecule has 5 heteroatoms. The maximum Gasteiger partial charge on any atom is 0.101 e. The zero-order valence-corrected chi connectivity index (χ0v) is 12.3. The maximum absolute atomic E-state index is 6.23. The van der Waals surface area contributed by atoms with Crippen LogP contribution in [-0.2, 0) is 0 Å². The maximum atomic E-state index is 6.23. The fourth-order valence-corrected chi connectivity index (χ4v) is 3.44. The summed E-state index contributed by atoms with van der Waals surface area (Å²) < 4.78 is 3.08. The lowest BCUT2D eigenvalue weighted by molar-refractivity contribution is 0.429. The Labute approximate surface area is 114 Å². The molecule has 2 aromatic heterocycles. The second-order valence-electron chi connectivity index (χ2n) is 4.18. The van der Waals surface area contributed by atoms with Gasteiger partial charge in [-0.3, -0.25) is 4.68 Å². The van der Waals surface area contributed by atoms with E-state index >= 15 is 0 Å². The molecular weight excluding hydrogens is 298 g/mol. The molecule has 2 heterocycles. The Morgan fingerprint density at radius 3 is 2.82 bits per heavy atom. The lowest BCUT2D eigenvalue weighted by Gasteiger charge is -2.22. The largest absolute Gasteiger partial charge is 0.326 e. The molecule has 0 fully saturated rings. The first-order valence-corrected chi connectivity index (χ1v) is 7.29. The van der Waals surface area contributed by atoms with Crippen LogP contribution in [0, 0.1) is 6.92 Å². The number of hydrogen-bond acceptors (Lipinski definition) is 3. The molecule has 92 valence electrons. The molecule has 17 heavy (non-hydrogen) atoms. The van der Waals surface area contributed by atoms with Crippen molar-refractivity contribution < 1.29 is 0 Å². The topological polar surface area (TPSA) is 43.8 Å². The minimum Gasteiger partial charge on any atom is -0.326 e. The van der Waals surface area contributed by atoms with Gasteiger partial charge in [0.15, 0.2) is 0 Å². The van der Waals surface area contributed by atoms with Gasteiger partial charge in [-0.1, -0.05) is 6.92 Å². The molecule has 0 aliphatic heterocycles. The number of thiophene rings is 1.